The molecule has 0 amide bonds. The van der Waals surface area contributed by atoms with Gasteiger partial charge >= 0.3 is 0 Å². The number of ether oxygens (including phenoxy) is 1. The van der Waals surface area contributed by atoms with E-state index in [1.54, 1.807) is 4.31 Å². The van der Waals surface area contributed by atoms with Crippen LogP contribution in [0.4, 0.5) is 0 Å². The summed E-state index contributed by atoms with van der Waals surface area (Å²) in [7, 11) is -3.24. The summed E-state index contributed by atoms with van der Waals surface area (Å²) in [6.45, 7) is 6.89. The van der Waals surface area contributed by atoms with Crippen molar-refractivity contribution in [2.45, 2.75) is 39.2 Å². The Morgan fingerprint density at radius 2 is 1.95 bits per heavy atom. The van der Waals surface area contributed by atoms with Gasteiger partial charge in [0.25, 0.3) is 0 Å². The van der Waals surface area contributed by atoms with Gasteiger partial charge in [-0.05, 0) is 37.0 Å². The fourth-order valence-electron chi connectivity index (χ4n) is 3.42. The van der Waals surface area contributed by atoms with Crippen LogP contribution in [0.1, 0.15) is 33.1 Å². The number of nitrogens with two attached hydrogens (primary N) is 1. The molecule has 118 valence electrons. The first-order chi connectivity index (χ1) is 9.38. The Morgan fingerprint density at radius 1 is 1.30 bits per heavy atom. The van der Waals surface area contributed by atoms with Gasteiger partial charge in [0, 0.05) is 25.7 Å². The molecule has 0 aromatic carbocycles. The first-order valence-corrected chi connectivity index (χ1v) is 9.30. The first kappa shape index (κ1) is 16.2. The summed E-state index contributed by atoms with van der Waals surface area (Å²) in [5.41, 5.74) is 6.12. The van der Waals surface area contributed by atoms with Gasteiger partial charge in [-0.3, -0.25) is 0 Å². The number of nitrogens with zero attached hydrogens (tertiary/aromatic N) is 1. The molecular formula is C14H28N2O3S. The van der Waals surface area contributed by atoms with Gasteiger partial charge < -0.3 is 10.5 Å². The van der Waals surface area contributed by atoms with E-state index in [0.29, 0.717) is 31.5 Å². The Labute approximate surface area is 122 Å². The van der Waals surface area contributed by atoms with E-state index in [1.807, 2.05) is 0 Å². The SMILES string of the molecule is CC1CC(C)CN(S(=O)(=O)CC(N)C2CCCOC2)C1. The van der Waals surface area contributed by atoms with Gasteiger partial charge in [-0.15, -0.1) is 0 Å². The van der Waals surface area contributed by atoms with Gasteiger partial charge in [0.05, 0.1) is 12.4 Å². The van der Waals surface area contributed by atoms with Gasteiger partial charge in [0.1, 0.15) is 0 Å². The van der Waals surface area contributed by atoms with E-state index in [-0.39, 0.29) is 17.7 Å². The molecule has 0 aliphatic carbocycles. The third-order valence-electron chi connectivity index (χ3n) is 4.43. The molecule has 0 radical (unpaired) electrons. The lowest BCUT2D eigenvalue weighted by Gasteiger charge is -2.35. The van der Waals surface area contributed by atoms with Crippen molar-refractivity contribution in [3.05, 3.63) is 0 Å². The minimum Gasteiger partial charge on any atom is -0.381 e. The highest BCUT2D eigenvalue weighted by molar-refractivity contribution is 7.89. The third kappa shape index (κ3) is 4.16. The van der Waals surface area contributed by atoms with Gasteiger partial charge in [0.15, 0.2) is 0 Å². The van der Waals surface area contributed by atoms with Crippen molar-refractivity contribution in [1.82, 2.24) is 4.31 Å². The molecule has 2 aliphatic rings. The molecule has 2 N–H and O–H groups in total. The Hall–Kier alpha value is -0.170. The standard InChI is InChI=1S/C14H28N2O3S/c1-11-6-12(2)8-16(7-11)20(17,18)10-14(15)13-4-3-5-19-9-13/h11-14H,3-10,15H2,1-2H3. The average Bonchev–Trinajstić information content (AvgIpc) is 2.38. The van der Waals surface area contributed by atoms with Crippen LogP contribution in [0.5, 0.6) is 0 Å². The van der Waals surface area contributed by atoms with E-state index in [1.165, 1.54) is 0 Å². The summed E-state index contributed by atoms with van der Waals surface area (Å²) in [5.74, 6) is 1.10. The highest BCUT2D eigenvalue weighted by Crippen LogP contribution is 2.25. The van der Waals surface area contributed by atoms with E-state index in [9.17, 15) is 8.42 Å². The van der Waals surface area contributed by atoms with Crippen molar-refractivity contribution in [2.24, 2.45) is 23.5 Å². The molecule has 0 saturated carbocycles. The second-order valence-corrected chi connectivity index (χ2v) is 8.70. The number of piperidine rings is 1. The maximum Gasteiger partial charge on any atom is 0.215 e. The number of rotatable bonds is 4. The highest BCUT2D eigenvalue weighted by Gasteiger charge is 2.33. The van der Waals surface area contributed by atoms with Crippen LogP contribution in [-0.4, -0.2) is 50.8 Å². The van der Waals surface area contributed by atoms with Gasteiger partial charge in [-0.2, -0.15) is 0 Å². The zero-order chi connectivity index (χ0) is 14.8. The molecule has 2 fully saturated rings. The molecule has 0 spiro atoms. The maximum atomic E-state index is 12.5. The van der Waals surface area contributed by atoms with E-state index in [4.69, 9.17) is 10.5 Å². The summed E-state index contributed by atoms with van der Waals surface area (Å²) in [5, 5.41) is 0. The average molecular weight is 304 g/mol. The Balaban J connectivity index is 1.95. The number of hydrogen-bond acceptors (Lipinski definition) is 4. The van der Waals surface area contributed by atoms with Gasteiger partial charge in [-0.25, -0.2) is 12.7 Å². The molecule has 2 saturated heterocycles. The predicted octanol–water partition coefficient (Wildman–Crippen LogP) is 1.05. The van der Waals surface area contributed by atoms with Crippen LogP contribution in [0.25, 0.3) is 0 Å². The van der Waals surface area contributed by atoms with Crippen LogP contribution in [-0.2, 0) is 14.8 Å². The van der Waals surface area contributed by atoms with E-state index >= 15 is 0 Å². The van der Waals surface area contributed by atoms with Gasteiger partial charge in [-0.1, -0.05) is 13.8 Å². The van der Waals surface area contributed by atoms with Crippen LogP contribution in [0.2, 0.25) is 0 Å². The van der Waals surface area contributed by atoms with E-state index in [2.05, 4.69) is 13.8 Å². The predicted molar refractivity (Wildman–Crippen MR) is 79.8 cm³/mol. The van der Waals surface area contributed by atoms with Crippen molar-refractivity contribution < 1.29 is 13.2 Å². The van der Waals surface area contributed by atoms with E-state index in [0.717, 1.165) is 25.9 Å². The maximum absolute atomic E-state index is 12.5. The molecule has 2 heterocycles. The zero-order valence-electron chi connectivity index (χ0n) is 12.6. The molecule has 5 nitrogen and oxygen atoms in total. The number of hydrogen-bond donors (Lipinski definition) is 1. The van der Waals surface area contributed by atoms with Crippen molar-refractivity contribution in [2.75, 3.05) is 32.1 Å². The molecule has 2 aliphatic heterocycles. The second kappa shape index (κ2) is 6.73. The Bertz CT molecular complexity index is 397. The quantitative estimate of drug-likeness (QED) is 0.842. The molecular weight excluding hydrogens is 276 g/mol. The first-order valence-electron chi connectivity index (χ1n) is 7.69. The Kier molecular flexibility index (Phi) is 5.45. The lowest BCUT2D eigenvalue weighted by atomic mass is 9.94. The highest BCUT2D eigenvalue weighted by atomic mass is 32.2. The molecule has 20 heavy (non-hydrogen) atoms. The largest absolute Gasteiger partial charge is 0.381 e. The van der Waals surface area contributed by atoms with Crippen molar-refractivity contribution in [3.63, 3.8) is 0 Å². The van der Waals surface area contributed by atoms with Crippen molar-refractivity contribution in [1.29, 1.82) is 0 Å². The van der Waals surface area contributed by atoms with Crippen molar-refractivity contribution >= 4 is 10.0 Å². The summed E-state index contributed by atoms with van der Waals surface area (Å²) < 4.78 is 32.1. The molecule has 0 bridgehead atoms. The van der Waals surface area contributed by atoms with Crippen LogP contribution < -0.4 is 5.73 Å². The molecule has 2 rings (SSSR count). The summed E-state index contributed by atoms with van der Waals surface area (Å²) in [4.78, 5) is 0. The van der Waals surface area contributed by atoms with E-state index < -0.39 is 10.0 Å². The topological polar surface area (TPSA) is 72.6 Å². The summed E-state index contributed by atoms with van der Waals surface area (Å²) in [6.07, 6.45) is 3.06. The second-order valence-electron chi connectivity index (χ2n) is 6.68. The summed E-state index contributed by atoms with van der Waals surface area (Å²) >= 11 is 0. The molecule has 4 atom stereocenters. The Morgan fingerprint density at radius 3 is 2.50 bits per heavy atom. The van der Waals surface area contributed by atoms with Crippen LogP contribution in [0.15, 0.2) is 0 Å². The fraction of sp³-hybridized carbons (Fsp3) is 1.00. The number of sulfonamides is 1. The van der Waals surface area contributed by atoms with Crippen molar-refractivity contribution in [3.8, 4) is 0 Å². The third-order valence-corrected chi connectivity index (χ3v) is 6.32. The summed E-state index contributed by atoms with van der Waals surface area (Å²) in [6, 6.07) is -0.312. The van der Waals surface area contributed by atoms with Crippen LogP contribution >= 0.6 is 0 Å². The van der Waals surface area contributed by atoms with Crippen LogP contribution in [0, 0.1) is 17.8 Å². The normalized spacial score (nSPS) is 34.9. The van der Waals surface area contributed by atoms with Crippen LogP contribution in [0.3, 0.4) is 0 Å². The minimum absolute atomic E-state index is 0.0560. The minimum atomic E-state index is -3.24. The smallest absolute Gasteiger partial charge is 0.215 e. The zero-order valence-corrected chi connectivity index (χ0v) is 13.4. The lowest BCUT2D eigenvalue weighted by molar-refractivity contribution is 0.0474. The molecule has 0 aromatic heterocycles. The molecule has 0 aromatic rings. The lowest BCUT2D eigenvalue weighted by Crippen LogP contribution is -2.49. The fourth-order valence-corrected chi connectivity index (χ4v) is 5.35. The van der Waals surface area contributed by atoms with Gasteiger partial charge in [0.2, 0.25) is 10.0 Å². The molecule has 4 unspecified atom stereocenters. The molecule has 6 heteroatoms. The monoisotopic (exact) mass is 304 g/mol.